The van der Waals surface area contributed by atoms with Crippen molar-refractivity contribution >= 4 is 21.8 Å². The van der Waals surface area contributed by atoms with Crippen LogP contribution in [-0.4, -0.2) is 73.1 Å². The van der Waals surface area contributed by atoms with Crippen molar-refractivity contribution < 1.29 is 18.0 Å². The lowest BCUT2D eigenvalue weighted by atomic mass is 10.0. The van der Waals surface area contributed by atoms with Gasteiger partial charge < -0.3 is 9.80 Å². The maximum atomic E-state index is 13.2. The summed E-state index contributed by atoms with van der Waals surface area (Å²) in [6.07, 6.45) is 3.85. The molecule has 2 aliphatic rings. The van der Waals surface area contributed by atoms with Gasteiger partial charge in [0.05, 0.1) is 4.90 Å². The Balaban J connectivity index is 1.40. The van der Waals surface area contributed by atoms with E-state index in [4.69, 9.17) is 0 Å². The Labute approximate surface area is 196 Å². The summed E-state index contributed by atoms with van der Waals surface area (Å²) in [5, 5.41) is 0. The maximum absolute atomic E-state index is 13.2. The van der Waals surface area contributed by atoms with Gasteiger partial charge in [-0.1, -0.05) is 30.3 Å². The van der Waals surface area contributed by atoms with Crippen LogP contribution in [-0.2, 0) is 21.2 Å². The van der Waals surface area contributed by atoms with Crippen LogP contribution in [0.1, 0.15) is 42.1 Å². The Kier molecular flexibility index (Phi) is 7.14. The average Bonchev–Trinajstić information content (AvgIpc) is 3.31. The molecular formula is C25H31N3O4S. The molecule has 0 spiro atoms. The first kappa shape index (κ1) is 23.4. The van der Waals surface area contributed by atoms with E-state index in [1.807, 2.05) is 23.1 Å². The van der Waals surface area contributed by atoms with Crippen molar-refractivity contribution in [2.75, 3.05) is 32.7 Å². The third-order valence-corrected chi connectivity index (χ3v) is 8.58. The summed E-state index contributed by atoms with van der Waals surface area (Å²) in [6, 6.07) is 16.8. The van der Waals surface area contributed by atoms with Crippen molar-refractivity contribution in [1.82, 2.24) is 14.1 Å². The van der Waals surface area contributed by atoms with Gasteiger partial charge in [-0.15, -0.1) is 0 Å². The molecule has 8 heteroatoms. The van der Waals surface area contributed by atoms with Crippen molar-refractivity contribution in [3.8, 4) is 0 Å². The smallest absolute Gasteiger partial charge is 0.254 e. The number of rotatable bonds is 6. The molecule has 2 saturated heterocycles. The third kappa shape index (κ3) is 5.28. The van der Waals surface area contributed by atoms with Crippen LogP contribution in [0.2, 0.25) is 0 Å². The van der Waals surface area contributed by atoms with Crippen LogP contribution >= 0.6 is 0 Å². The van der Waals surface area contributed by atoms with Gasteiger partial charge in [0.25, 0.3) is 5.91 Å². The van der Waals surface area contributed by atoms with Crippen LogP contribution in [0.4, 0.5) is 0 Å². The first-order chi connectivity index (χ1) is 15.9. The molecule has 1 unspecified atom stereocenters. The second-order valence-corrected chi connectivity index (χ2v) is 10.7. The zero-order valence-electron chi connectivity index (χ0n) is 19.0. The van der Waals surface area contributed by atoms with Crippen molar-refractivity contribution in [3.63, 3.8) is 0 Å². The zero-order chi connectivity index (χ0) is 23.4. The molecule has 2 heterocycles. The fourth-order valence-electron chi connectivity index (χ4n) is 4.71. The topological polar surface area (TPSA) is 78.0 Å². The van der Waals surface area contributed by atoms with Crippen LogP contribution in [0, 0.1) is 0 Å². The number of aryl methyl sites for hydroxylation is 1. The number of hydrogen-bond acceptors (Lipinski definition) is 4. The number of carbonyl (C=O) groups is 2. The molecule has 4 rings (SSSR count). The number of benzene rings is 2. The molecule has 7 nitrogen and oxygen atoms in total. The van der Waals surface area contributed by atoms with Crippen LogP contribution in [0.25, 0.3) is 0 Å². The highest BCUT2D eigenvalue weighted by atomic mass is 32.2. The lowest BCUT2D eigenvalue weighted by molar-refractivity contribution is -0.129. The summed E-state index contributed by atoms with van der Waals surface area (Å²) in [5.41, 5.74) is 1.79. The van der Waals surface area contributed by atoms with Gasteiger partial charge in [-0.05, 0) is 55.5 Å². The van der Waals surface area contributed by atoms with E-state index < -0.39 is 10.0 Å². The molecular weight excluding hydrogens is 438 g/mol. The molecule has 33 heavy (non-hydrogen) atoms. The SMILES string of the molecule is CC(=O)N1CCN(S(=O)(=O)c2ccc(C(=O)N3CCCC3CCc3ccccc3)cc2)CC1. The maximum Gasteiger partial charge on any atom is 0.254 e. The largest absolute Gasteiger partial charge is 0.340 e. The Morgan fingerprint density at radius 1 is 0.909 bits per heavy atom. The highest BCUT2D eigenvalue weighted by Crippen LogP contribution is 2.25. The zero-order valence-corrected chi connectivity index (χ0v) is 19.8. The lowest BCUT2D eigenvalue weighted by Gasteiger charge is -2.33. The second kappa shape index (κ2) is 10.1. The van der Waals surface area contributed by atoms with Gasteiger partial charge in [-0.3, -0.25) is 9.59 Å². The van der Waals surface area contributed by atoms with Crippen LogP contribution in [0.5, 0.6) is 0 Å². The van der Waals surface area contributed by atoms with Crippen LogP contribution in [0.3, 0.4) is 0 Å². The van der Waals surface area contributed by atoms with Crippen molar-refractivity contribution in [3.05, 3.63) is 65.7 Å². The number of nitrogens with zero attached hydrogens (tertiary/aromatic N) is 3. The highest BCUT2D eigenvalue weighted by molar-refractivity contribution is 7.89. The average molecular weight is 470 g/mol. The van der Waals surface area contributed by atoms with E-state index in [9.17, 15) is 18.0 Å². The molecule has 0 N–H and O–H groups in total. The monoisotopic (exact) mass is 469 g/mol. The van der Waals surface area contributed by atoms with Crippen LogP contribution in [0.15, 0.2) is 59.5 Å². The molecule has 0 saturated carbocycles. The first-order valence-corrected chi connectivity index (χ1v) is 13.0. The first-order valence-electron chi connectivity index (χ1n) is 11.6. The van der Waals surface area contributed by atoms with Gasteiger partial charge in [0.2, 0.25) is 15.9 Å². The van der Waals surface area contributed by atoms with E-state index in [-0.39, 0.29) is 35.8 Å². The summed E-state index contributed by atoms with van der Waals surface area (Å²) in [4.78, 5) is 28.4. The minimum Gasteiger partial charge on any atom is -0.340 e. The Morgan fingerprint density at radius 3 is 2.21 bits per heavy atom. The highest BCUT2D eigenvalue weighted by Gasteiger charge is 2.31. The molecule has 0 aliphatic carbocycles. The molecule has 2 amide bonds. The standard InChI is InChI=1S/C25H31N3O4S/c1-20(29)26-16-18-27(19-17-26)33(31,32)24-13-10-22(11-14-24)25(30)28-15-5-8-23(28)12-9-21-6-3-2-4-7-21/h2-4,6-7,10-11,13-14,23H,5,8-9,12,15-19H2,1H3. The molecule has 0 aromatic heterocycles. The van der Waals surface area contributed by atoms with Gasteiger partial charge >= 0.3 is 0 Å². The third-order valence-electron chi connectivity index (χ3n) is 6.67. The van der Waals surface area contributed by atoms with E-state index >= 15 is 0 Å². The molecule has 2 aliphatic heterocycles. The number of carbonyl (C=O) groups excluding carboxylic acids is 2. The quantitative estimate of drug-likeness (QED) is 0.652. The Morgan fingerprint density at radius 2 is 1.58 bits per heavy atom. The van der Waals surface area contributed by atoms with Crippen LogP contribution < -0.4 is 0 Å². The Bertz CT molecular complexity index is 1080. The number of amides is 2. The summed E-state index contributed by atoms with van der Waals surface area (Å²) in [7, 11) is -3.65. The molecule has 1 atom stereocenters. The minimum absolute atomic E-state index is 0.0374. The summed E-state index contributed by atoms with van der Waals surface area (Å²) in [5.74, 6) is -0.0801. The summed E-state index contributed by atoms with van der Waals surface area (Å²) in [6.45, 7) is 3.57. The predicted octanol–water partition coefficient (Wildman–Crippen LogP) is 2.78. The lowest BCUT2D eigenvalue weighted by Crippen LogP contribution is -2.49. The van der Waals surface area contributed by atoms with Gasteiger partial charge in [0, 0.05) is 51.3 Å². The number of sulfonamides is 1. The molecule has 0 bridgehead atoms. The van der Waals surface area contributed by atoms with Crippen molar-refractivity contribution in [2.24, 2.45) is 0 Å². The van der Waals surface area contributed by atoms with E-state index in [0.717, 1.165) is 32.2 Å². The van der Waals surface area contributed by atoms with Gasteiger partial charge in [-0.2, -0.15) is 4.31 Å². The fraction of sp³-hybridized carbons (Fsp3) is 0.440. The summed E-state index contributed by atoms with van der Waals surface area (Å²) >= 11 is 0. The molecule has 0 radical (unpaired) electrons. The molecule has 176 valence electrons. The Hall–Kier alpha value is -2.71. The second-order valence-electron chi connectivity index (χ2n) is 8.75. The number of hydrogen-bond donors (Lipinski definition) is 0. The normalized spacial score (nSPS) is 19.6. The van der Waals surface area contributed by atoms with Gasteiger partial charge in [-0.25, -0.2) is 8.42 Å². The number of likely N-dealkylation sites (tertiary alicyclic amines) is 1. The minimum atomic E-state index is -3.65. The van der Waals surface area contributed by atoms with E-state index in [1.54, 1.807) is 17.0 Å². The van der Waals surface area contributed by atoms with E-state index in [1.165, 1.54) is 28.9 Å². The summed E-state index contributed by atoms with van der Waals surface area (Å²) < 4.78 is 27.4. The predicted molar refractivity (Wildman–Crippen MR) is 126 cm³/mol. The molecule has 2 aromatic carbocycles. The van der Waals surface area contributed by atoms with E-state index in [2.05, 4.69) is 12.1 Å². The van der Waals surface area contributed by atoms with Gasteiger partial charge in [0.1, 0.15) is 0 Å². The van der Waals surface area contributed by atoms with Crippen molar-refractivity contribution in [2.45, 2.75) is 43.5 Å². The molecule has 2 aromatic rings. The van der Waals surface area contributed by atoms with E-state index in [0.29, 0.717) is 18.7 Å². The van der Waals surface area contributed by atoms with Gasteiger partial charge in [0.15, 0.2) is 0 Å². The fourth-order valence-corrected chi connectivity index (χ4v) is 6.13. The molecule has 2 fully saturated rings. The van der Waals surface area contributed by atoms with Crippen molar-refractivity contribution in [1.29, 1.82) is 0 Å². The number of piperazine rings is 1.